The van der Waals surface area contributed by atoms with Crippen LogP contribution in [0.4, 0.5) is 10.1 Å². The van der Waals surface area contributed by atoms with E-state index in [4.69, 9.17) is 4.74 Å². The zero-order valence-electron chi connectivity index (χ0n) is 18.9. The van der Waals surface area contributed by atoms with Gasteiger partial charge in [0.25, 0.3) is 0 Å². The molecular formula is C25H34FN3O3. The summed E-state index contributed by atoms with van der Waals surface area (Å²) >= 11 is 0. The first-order chi connectivity index (χ1) is 15.6. The van der Waals surface area contributed by atoms with Crippen molar-refractivity contribution in [2.75, 3.05) is 18.5 Å². The molecule has 2 saturated carbocycles. The molecule has 2 aromatic rings. The van der Waals surface area contributed by atoms with E-state index < -0.39 is 0 Å². The van der Waals surface area contributed by atoms with Crippen LogP contribution in [-0.2, 0) is 16.1 Å². The van der Waals surface area contributed by atoms with Crippen molar-refractivity contribution in [3.8, 4) is 0 Å². The van der Waals surface area contributed by atoms with E-state index in [1.165, 1.54) is 25.3 Å². The summed E-state index contributed by atoms with van der Waals surface area (Å²) in [6, 6.07) is 3.81. The Morgan fingerprint density at radius 3 is 2.56 bits per heavy atom. The van der Waals surface area contributed by atoms with Crippen LogP contribution >= 0.6 is 0 Å². The molecule has 2 N–H and O–H groups in total. The third-order valence-electron chi connectivity index (χ3n) is 6.77. The summed E-state index contributed by atoms with van der Waals surface area (Å²) in [6.45, 7) is 2.35. The molecule has 2 fully saturated rings. The quantitative estimate of drug-likeness (QED) is 0.581. The first-order valence-corrected chi connectivity index (χ1v) is 12.1. The Morgan fingerprint density at radius 1 is 1.12 bits per heavy atom. The predicted octanol–water partition coefficient (Wildman–Crippen LogP) is 4.65. The van der Waals surface area contributed by atoms with Gasteiger partial charge >= 0.3 is 5.97 Å². The molecule has 0 unspecified atom stereocenters. The number of nitrogens with one attached hydrogen (secondary N) is 2. The number of benzene rings is 1. The molecular weight excluding hydrogens is 409 g/mol. The number of fused-ring (bicyclic) bond motifs is 1. The number of carbonyl (C=O) groups excluding carboxylic acids is 1. The van der Waals surface area contributed by atoms with E-state index in [0.29, 0.717) is 29.3 Å². The number of halogens is 1. The zero-order chi connectivity index (χ0) is 22.5. The average molecular weight is 444 g/mol. The van der Waals surface area contributed by atoms with Gasteiger partial charge in [-0.1, -0.05) is 32.1 Å². The van der Waals surface area contributed by atoms with Crippen LogP contribution in [-0.4, -0.2) is 29.7 Å². The fraction of sp³-hybridized carbons (Fsp3) is 0.600. The second kappa shape index (κ2) is 10.5. The number of hydrogen-bond donors (Lipinski definition) is 2. The van der Waals surface area contributed by atoms with Gasteiger partial charge < -0.3 is 19.9 Å². The van der Waals surface area contributed by atoms with Gasteiger partial charge in [0.2, 0.25) is 0 Å². The van der Waals surface area contributed by atoms with E-state index in [1.54, 1.807) is 6.92 Å². The van der Waals surface area contributed by atoms with Crippen molar-refractivity contribution in [3.63, 3.8) is 0 Å². The number of anilines is 1. The highest BCUT2D eigenvalue weighted by Gasteiger charge is 2.22. The van der Waals surface area contributed by atoms with Gasteiger partial charge in [0.1, 0.15) is 5.82 Å². The van der Waals surface area contributed by atoms with Crippen molar-refractivity contribution in [2.24, 2.45) is 0 Å². The lowest BCUT2D eigenvalue weighted by Gasteiger charge is -2.25. The minimum Gasteiger partial charge on any atom is -0.465 e. The molecule has 0 spiro atoms. The summed E-state index contributed by atoms with van der Waals surface area (Å²) in [5.74, 6) is -0.733. The predicted molar refractivity (Wildman–Crippen MR) is 125 cm³/mol. The summed E-state index contributed by atoms with van der Waals surface area (Å²) < 4.78 is 22.1. The number of aromatic nitrogens is 1. The number of pyridine rings is 1. The summed E-state index contributed by atoms with van der Waals surface area (Å²) in [5, 5.41) is 6.80. The lowest BCUT2D eigenvalue weighted by Crippen LogP contribution is -2.28. The van der Waals surface area contributed by atoms with Gasteiger partial charge in [-0.2, -0.15) is 0 Å². The lowest BCUT2D eigenvalue weighted by molar-refractivity contribution is -0.142. The third-order valence-corrected chi connectivity index (χ3v) is 6.77. The van der Waals surface area contributed by atoms with Gasteiger partial charge in [0, 0.05) is 35.8 Å². The van der Waals surface area contributed by atoms with Gasteiger partial charge in [0.15, 0.2) is 5.43 Å². The van der Waals surface area contributed by atoms with E-state index in [9.17, 15) is 9.59 Å². The minimum atomic E-state index is -0.380. The Kier molecular flexibility index (Phi) is 7.45. The smallest absolute Gasteiger partial charge is 0.319 e. The van der Waals surface area contributed by atoms with Crippen LogP contribution in [0.25, 0.3) is 10.9 Å². The lowest BCUT2D eigenvalue weighted by atomic mass is 9.95. The maximum absolute atomic E-state index is 15.1. The van der Waals surface area contributed by atoms with Gasteiger partial charge in [-0.25, -0.2) is 4.39 Å². The van der Waals surface area contributed by atoms with Crippen LogP contribution < -0.4 is 16.1 Å². The molecule has 4 rings (SSSR count). The fourth-order valence-electron chi connectivity index (χ4n) is 5.13. The molecule has 1 aromatic carbocycles. The highest BCUT2D eigenvalue weighted by atomic mass is 19.1. The number of carbonyl (C=O) groups is 1. The molecule has 0 aliphatic heterocycles. The van der Waals surface area contributed by atoms with Crippen molar-refractivity contribution in [1.82, 2.24) is 9.88 Å². The maximum Gasteiger partial charge on any atom is 0.319 e. The number of rotatable bonds is 8. The highest BCUT2D eigenvalue weighted by molar-refractivity contribution is 5.84. The molecule has 174 valence electrons. The molecule has 32 heavy (non-hydrogen) atoms. The van der Waals surface area contributed by atoms with Crippen LogP contribution in [0, 0.1) is 5.82 Å². The van der Waals surface area contributed by atoms with Crippen molar-refractivity contribution in [1.29, 1.82) is 0 Å². The molecule has 2 aliphatic rings. The molecule has 0 bridgehead atoms. The van der Waals surface area contributed by atoms with E-state index >= 15 is 4.39 Å². The van der Waals surface area contributed by atoms with Crippen molar-refractivity contribution in [3.05, 3.63) is 39.9 Å². The Labute approximate surface area is 188 Å². The number of hydrogen-bond acceptors (Lipinski definition) is 5. The van der Waals surface area contributed by atoms with E-state index in [2.05, 4.69) is 15.2 Å². The van der Waals surface area contributed by atoms with E-state index in [0.717, 1.165) is 44.0 Å². The second-order valence-electron chi connectivity index (χ2n) is 9.07. The average Bonchev–Trinajstić information content (AvgIpc) is 3.32. The van der Waals surface area contributed by atoms with Crippen molar-refractivity contribution in [2.45, 2.75) is 83.3 Å². The van der Waals surface area contributed by atoms with Crippen LogP contribution in [0.5, 0.6) is 0 Å². The van der Waals surface area contributed by atoms with Gasteiger partial charge in [0.05, 0.1) is 24.4 Å². The Hall–Kier alpha value is -2.41. The SMILES string of the molecule is CCOC(=O)CNCc1cn(C2CCCC2)c2cc(NC3CCCCC3)c(F)cc2c1=O. The standard InChI is InChI=1S/C25H34FN3O3/c1-2-32-24(30)15-27-14-17-16-29(19-10-6-7-11-19)23-13-22(21(26)12-20(23)25(17)31)28-18-8-4-3-5-9-18/h12-13,16,18-19,27-28H,2-11,14-15H2,1H3. The Morgan fingerprint density at radius 2 is 1.84 bits per heavy atom. The number of nitrogens with zero attached hydrogens (tertiary/aromatic N) is 1. The Balaban J connectivity index is 1.67. The summed E-state index contributed by atoms with van der Waals surface area (Å²) in [5.41, 5.74) is 1.63. The van der Waals surface area contributed by atoms with Gasteiger partial charge in [-0.05, 0) is 44.7 Å². The molecule has 1 heterocycles. The first kappa shape index (κ1) is 22.8. The summed E-state index contributed by atoms with van der Waals surface area (Å²) in [6.07, 6.45) is 12.0. The first-order valence-electron chi connectivity index (χ1n) is 12.1. The summed E-state index contributed by atoms with van der Waals surface area (Å²) in [7, 11) is 0. The molecule has 0 amide bonds. The molecule has 7 heteroatoms. The van der Waals surface area contributed by atoms with E-state index in [-0.39, 0.29) is 36.3 Å². The van der Waals surface area contributed by atoms with Crippen molar-refractivity contribution < 1.29 is 13.9 Å². The number of esters is 1. The second-order valence-corrected chi connectivity index (χ2v) is 9.07. The maximum atomic E-state index is 15.1. The molecule has 6 nitrogen and oxygen atoms in total. The molecule has 0 radical (unpaired) electrons. The fourth-order valence-corrected chi connectivity index (χ4v) is 5.13. The van der Waals surface area contributed by atoms with Gasteiger partial charge in [-0.15, -0.1) is 0 Å². The molecule has 1 aromatic heterocycles. The largest absolute Gasteiger partial charge is 0.465 e. The summed E-state index contributed by atoms with van der Waals surface area (Å²) in [4.78, 5) is 24.8. The van der Waals surface area contributed by atoms with E-state index in [1.807, 2.05) is 12.3 Å². The van der Waals surface area contributed by atoms with Crippen LogP contribution in [0.15, 0.2) is 23.1 Å². The number of ether oxygens (including phenoxy) is 1. The molecule has 2 aliphatic carbocycles. The van der Waals surface area contributed by atoms with Crippen LogP contribution in [0.3, 0.4) is 0 Å². The monoisotopic (exact) mass is 443 g/mol. The topological polar surface area (TPSA) is 72.4 Å². The van der Waals surface area contributed by atoms with Crippen LogP contribution in [0.2, 0.25) is 0 Å². The Bertz CT molecular complexity index is 1010. The van der Waals surface area contributed by atoms with Crippen molar-refractivity contribution >= 4 is 22.6 Å². The van der Waals surface area contributed by atoms with Gasteiger partial charge in [-0.3, -0.25) is 9.59 Å². The highest BCUT2D eigenvalue weighted by Crippen LogP contribution is 2.33. The molecule has 0 saturated heterocycles. The normalized spacial score (nSPS) is 17.7. The minimum absolute atomic E-state index is 0.0351. The van der Waals surface area contributed by atoms with Crippen LogP contribution in [0.1, 0.15) is 76.3 Å². The third kappa shape index (κ3) is 5.14. The molecule has 0 atom stereocenters. The zero-order valence-corrected chi connectivity index (χ0v) is 18.9.